The highest BCUT2D eigenvalue weighted by Gasteiger charge is 2.16. The van der Waals surface area contributed by atoms with Crippen molar-refractivity contribution in [3.63, 3.8) is 0 Å². The number of aromatic nitrogens is 2. The van der Waals surface area contributed by atoms with Gasteiger partial charge >= 0.3 is 0 Å². The Balaban J connectivity index is 1.69. The second-order valence-corrected chi connectivity index (χ2v) is 6.92. The molecule has 0 spiro atoms. The van der Waals surface area contributed by atoms with E-state index in [1.165, 1.54) is 7.11 Å². The lowest BCUT2D eigenvalue weighted by Gasteiger charge is -2.13. The second kappa shape index (κ2) is 8.71. The molecule has 0 atom stereocenters. The van der Waals surface area contributed by atoms with E-state index in [1.54, 1.807) is 25.3 Å². The van der Waals surface area contributed by atoms with Crippen LogP contribution in [0.3, 0.4) is 0 Å². The summed E-state index contributed by atoms with van der Waals surface area (Å²) >= 11 is 0. The molecule has 0 radical (unpaired) electrons. The van der Waals surface area contributed by atoms with Gasteiger partial charge in [-0.25, -0.2) is 9.97 Å². The van der Waals surface area contributed by atoms with E-state index in [9.17, 15) is 4.79 Å². The Hall–Kier alpha value is -4.13. The number of benzene rings is 3. The van der Waals surface area contributed by atoms with Crippen molar-refractivity contribution >= 4 is 34.0 Å². The van der Waals surface area contributed by atoms with E-state index in [2.05, 4.69) is 20.6 Å². The van der Waals surface area contributed by atoms with Gasteiger partial charge in [0.15, 0.2) is 0 Å². The number of para-hydroxylation sites is 1. The molecule has 1 aromatic heterocycles. The van der Waals surface area contributed by atoms with Gasteiger partial charge in [-0.1, -0.05) is 29.8 Å². The van der Waals surface area contributed by atoms with E-state index in [0.717, 1.165) is 16.6 Å². The average Bonchev–Trinajstić information content (AvgIpc) is 2.80. The van der Waals surface area contributed by atoms with E-state index in [-0.39, 0.29) is 5.82 Å². The number of hydrogen-bond donors (Lipinski definition) is 2. The topological polar surface area (TPSA) is 85.4 Å². The molecule has 0 aliphatic carbocycles. The molecular formula is C24H22N4O3. The fourth-order valence-electron chi connectivity index (χ4n) is 3.13. The van der Waals surface area contributed by atoms with Crippen molar-refractivity contribution in [2.75, 3.05) is 24.9 Å². The average molecular weight is 414 g/mol. The van der Waals surface area contributed by atoms with Crippen LogP contribution in [0.2, 0.25) is 0 Å². The van der Waals surface area contributed by atoms with Crippen LogP contribution in [0.15, 0.2) is 66.7 Å². The fourth-order valence-corrected chi connectivity index (χ4v) is 3.13. The van der Waals surface area contributed by atoms with Gasteiger partial charge in [0.25, 0.3) is 5.91 Å². The number of ether oxygens (including phenoxy) is 2. The monoisotopic (exact) mass is 414 g/mol. The zero-order valence-electron chi connectivity index (χ0n) is 17.5. The number of fused-ring (bicyclic) bond motifs is 1. The molecule has 7 nitrogen and oxygen atoms in total. The van der Waals surface area contributed by atoms with Crippen LogP contribution in [0.25, 0.3) is 10.9 Å². The molecule has 0 saturated heterocycles. The van der Waals surface area contributed by atoms with E-state index < -0.39 is 5.91 Å². The SMILES string of the molecule is COc1ccc(NC(=O)c2nc(Nc3ccc(C)cc3)c3ccccc3n2)c(OC)c1. The van der Waals surface area contributed by atoms with Gasteiger partial charge in [-0.3, -0.25) is 4.79 Å². The van der Waals surface area contributed by atoms with Gasteiger partial charge in [0.2, 0.25) is 5.82 Å². The van der Waals surface area contributed by atoms with Gasteiger partial charge in [-0.2, -0.15) is 0 Å². The zero-order chi connectivity index (χ0) is 21.8. The summed E-state index contributed by atoms with van der Waals surface area (Å²) in [7, 11) is 3.10. The molecule has 2 N–H and O–H groups in total. The van der Waals surface area contributed by atoms with Crippen molar-refractivity contribution in [2.24, 2.45) is 0 Å². The third-order valence-corrected chi connectivity index (χ3v) is 4.78. The molecule has 3 aromatic carbocycles. The van der Waals surface area contributed by atoms with Crippen LogP contribution in [0, 0.1) is 6.92 Å². The number of nitrogens with one attached hydrogen (secondary N) is 2. The molecule has 0 aliphatic heterocycles. The molecule has 31 heavy (non-hydrogen) atoms. The quantitative estimate of drug-likeness (QED) is 0.464. The predicted octanol–water partition coefficient (Wildman–Crippen LogP) is 4.95. The van der Waals surface area contributed by atoms with E-state index in [4.69, 9.17) is 9.47 Å². The fraction of sp³-hybridized carbons (Fsp3) is 0.125. The van der Waals surface area contributed by atoms with E-state index >= 15 is 0 Å². The minimum Gasteiger partial charge on any atom is -0.497 e. The molecule has 4 aromatic rings. The number of rotatable bonds is 6. The van der Waals surface area contributed by atoms with Crippen molar-refractivity contribution in [3.8, 4) is 11.5 Å². The number of carbonyl (C=O) groups excluding carboxylic acids is 1. The lowest BCUT2D eigenvalue weighted by atomic mass is 10.2. The number of anilines is 3. The highest BCUT2D eigenvalue weighted by molar-refractivity contribution is 6.04. The van der Waals surface area contributed by atoms with Crippen LogP contribution < -0.4 is 20.1 Å². The smallest absolute Gasteiger partial charge is 0.293 e. The van der Waals surface area contributed by atoms with Crippen molar-refractivity contribution in [2.45, 2.75) is 6.92 Å². The molecule has 0 aliphatic rings. The van der Waals surface area contributed by atoms with Crippen LogP contribution in [0.5, 0.6) is 11.5 Å². The predicted molar refractivity (Wildman–Crippen MR) is 121 cm³/mol. The number of aryl methyl sites for hydroxylation is 1. The Morgan fingerprint density at radius 1 is 0.903 bits per heavy atom. The molecule has 0 bridgehead atoms. The molecule has 156 valence electrons. The van der Waals surface area contributed by atoms with Gasteiger partial charge in [0.05, 0.1) is 25.4 Å². The molecule has 1 heterocycles. The standard InChI is InChI=1S/C24H22N4O3/c1-15-8-10-16(11-9-15)25-22-18-6-4-5-7-19(18)26-23(28-22)24(29)27-20-13-12-17(30-2)14-21(20)31-3/h4-14H,1-3H3,(H,27,29)(H,25,26,28). The first-order valence-electron chi connectivity index (χ1n) is 9.71. The molecule has 0 fully saturated rings. The summed E-state index contributed by atoms with van der Waals surface area (Å²) in [6.45, 7) is 2.03. The number of nitrogens with zero attached hydrogens (tertiary/aromatic N) is 2. The third kappa shape index (κ3) is 4.40. The number of amides is 1. The maximum absolute atomic E-state index is 13.0. The Labute approximate surface area is 180 Å². The molecule has 1 amide bonds. The van der Waals surface area contributed by atoms with Gasteiger partial charge in [-0.15, -0.1) is 0 Å². The molecule has 7 heteroatoms. The lowest BCUT2D eigenvalue weighted by Crippen LogP contribution is -2.17. The number of carbonyl (C=O) groups is 1. The minimum absolute atomic E-state index is 0.0474. The van der Waals surface area contributed by atoms with Gasteiger partial charge in [0, 0.05) is 17.1 Å². The molecule has 0 unspecified atom stereocenters. The van der Waals surface area contributed by atoms with Gasteiger partial charge in [0.1, 0.15) is 17.3 Å². The number of methoxy groups -OCH3 is 2. The van der Waals surface area contributed by atoms with Crippen molar-refractivity contribution < 1.29 is 14.3 Å². The van der Waals surface area contributed by atoms with Gasteiger partial charge < -0.3 is 20.1 Å². The highest BCUT2D eigenvalue weighted by Crippen LogP contribution is 2.30. The summed E-state index contributed by atoms with van der Waals surface area (Å²) in [6, 6.07) is 20.6. The van der Waals surface area contributed by atoms with Crippen LogP contribution in [-0.4, -0.2) is 30.1 Å². The van der Waals surface area contributed by atoms with Crippen LogP contribution in [0.1, 0.15) is 16.2 Å². The summed E-state index contributed by atoms with van der Waals surface area (Å²) in [5.74, 6) is 1.27. The Bertz CT molecular complexity index is 1240. The summed E-state index contributed by atoms with van der Waals surface area (Å²) < 4.78 is 10.6. The first kappa shape index (κ1) is 20.2. The van der Waals surface area contributed by atoms with Gasteiger partial charge in [-0.05, 0) is 43.3 Å². The van der Waals surface area contributed by atoms with E-state index in [1.807, 2.05) is 55.5 Å². The van der Waals surface area contributed by atoms with Crippen LogP contribution in [-0.2, 0) is 0 Å². The first-order valence-corrected chi connectivity index (χ1v) is 9.71. The molecule has 4 rings (SSSR count). The molecule has 0 saturated carbocycles. The Morgan fingerprint density at radius 2 is 1.68 bits per heavy atom. The normalized spacial score (nSPS) is 10.5. The Kier molecular flexibility index (Phi) is 5.66. The number of hydrogen-bond acceptors (Lipinski definition) is 6. The maximum Gasteiger partial charge on any atom is 0.293 e. The molecular weight excluding hydrogens is 392 g/mol. The Morgan fingerprint density at radius 3 is 2.42 bits per heavy atom. The highest BCUT2D eigenvalue weighted by atomic mass is 16.5. The summed E-state index contributed by atoms with van der Waals surface area (Å²) in [5.41, 5.74) is 3.20. The van der Waals surface area contributed by atoms with E-state index in [0.29, 0.717) is 28.5 Å². The van der Waals surface area contributed by atoms with Crippen molar-refractivity contribution in [1.82, 2.24) is 9.97 Å². The van der Waals surface area contributed by atoms with Crippen LogP contribution >= 0.6 is 0 Å². The van der Waals surface area contributed by atoms with Crippen molar-refractivity contribution in [1.29, 1.82) is 0 Å². The third-order valence-electron chi connectivity index (χ3n) is 4.78. The first-order chi connectivity index (χ1) is 15.1. The van der Waals surface area contributed by atoms with Crippen molar-refractivity contribution in [3.05, 3.63) is 78.1 Å². The zero-order valence-corrected chi connectivity index (χ0v) is 17.5. The largest absolute Gasteiger partial charge is 0.497 e. The van der Waals surface area contributed by atoms with Crippen LogP contribution in [0.4, 0.5) is 17.2 Å². The summed E-state index contributed by atoms with van der Waals surface area (Å²) in [4.78, 5) is 21.9. The second-order valence-electron chi connectivity index (χ2n) is 6.92. The maximum atomic E-state index is 13.0. The summed E-state index contributed by atoms with van der Waals surface area (Å²) in [6.07, 6.45) is 0. The minimum atomic E-state index is -0.443. The lowest BCUT2D eigenvalue weighted by molar-refractivity contribution is 0.101. The summed E-state index contributed by atoms with van der Waals surface area (Å²) in [5, 5.41) is 6.94.